The van der Waals surface area contributed by atoms with E-state index in [1.807, 2.05) is 0 Å². The van der Waals surface area contributed by atoms with Gasteiger partial charge in [0.15, 0.2) is 0 Å². The number of rotatable bonds is 9. The Balaban J connectivity index is 0.982. The van der Waals surface area contributed by atoms with Crippen molar-refractivity contribution in [2.24, 2.45) is 0 Å². The highest BCUT2D eigenvalue weighted by atomic mass is 15.1. The first-order chi connectivity index (χ1) is 30.7. The third-order valence-electron chi connectivity index (χ3n) is 12.0. The molecule has 2 heteroatoms. The van der Waals surface area contributed by atoms with Crippen LogP contribution in [0.25, 0.3) is 83.1 Å². The molecule has 0 saturated heterocycles. The monoisotopic (exact) mass is 790 g/mol. The number of aromatic nitrogens is 1. The molecule has 11 rings (SSSR count). The van der Waals surface area contributed by atoms with Gasteiger partial charge in [-0.05, 0) is 134 Å². The molecular formula is C60H42N2. The van der Waals surface area contributed by atoms with Crippen molar-refractivity contribution in [2.75, 3.05) is 4.90 Å². The summed E-state index contributed by atoms with van der Waals surface area (Å²) in [5.41, 5.74) is 18.7. The molecule has 0 spiro atoms. The third kappa shape index (κ3) is 7.04. The zero-order chi connectivity index (χ0) is 41.2. The summed E-state index contributed by atoms with van der Waals surface area (Å²) in [6.45, 7) is 0. The fourth-order valence-corrected chi connectivity index (χ4v) is 8.88. The minimum Gasteiger partial charge on any atom is -0.311 e. The molecule has 0 unspecified atom stereocenters. The Bertz CT molecular complexity index is 3220. The Morgan fingerprint density at radius 1 is 0.226 bits per heavy atom. The second-order valence-corrected chi connectivity index (χ2v) is 15.8. The SMILES string of the molecule is c1ccc(-c2ccc(N(c3ccc(-c4cc(-c5ccccc5)cc(-c5ccccc5)c4)cc3)c3ccc(-c4ccc5c6ccccc6n(-c6ccccc6)c5c4)cc3)cc2)cc1. The molecule has 0 N–H and O–H groups in total. The molecule has 11 aromatic rings. The minimum atomic E-state index is 1.09. The average molecular weight is 791 g/mol. The number of benzene rings is 10. The van der Waals surface area contributed by atoms with Gasteiger partial charge in [0.25, 0.3) is 0 Å². The number of para-hydroxylation sites is 2. The van der Waals surface area contributed by atoms with Crippen LogP contribution in [0.15, 0.2) is 255 Å². The Hall–Kier alpha value is -8.20. The van der Waals surface area contributed by atoms with Gasteiger partial charge < -0.3 is 9.47 Å². The van der Waals surface area contributed by atoms with E-state index in [0.717, 1.165) is 22.7 Å². The van der Waals surface area contributed by atoms with Gasteiger partial charge in [0.1, 0.15) is 0 Å². The fraction of sp³-hybridized carbons (Fsp3) is 0. The first kappa shape index (κ1) is 36.8. The van der Waals surface area contributed by atoms with Crippen LogP contribution in [0.5, 0.6) is 0 Å². The predicted molar refractivity (Wildman–Crippen MR) is 263 cm³/mol. The molecule has 0 radical (unpaired) electrons. The normalized spacial score (nSPS) is 11.2. The third-order valence-corrected chi connectivity index (χ3v) is 12.0. The molecule has 1 heterocycles. The number of nitrogens with zero attached hydrogens (tertiary/aromatic N) is 2. The zero-order valence-corrected chi connectivity index (χ0v) is 34.1. The van der Waals surface area contributed by atoms with E-state index in [9.17, 15) is 0 Å². The lowest BCUT2D eigenvalue weighted by Crippen LogP contribution is -2.09. The first-order valence-electron chi connectivity index (χ1n) is 21.2. The van der Waals surface area contributed by atoms with Crippen LogP contribution >= 0.6 is 0 Å². The summed E-state index contributed by atoms with van der Waals surface area (Å²) in [5.74, 6) is 0. The molecule has 0 saturated carbocycles. The lowest BCUT2D eigenvalue weighted by Gasteiger charge is -2.26. The predicted octanol–water partition coefficient (Wildman–Crippen LogP) is 16.6. The maximum atomic E-state index is 2.38. The highest BCUT2D eigenvalue weighted by molar-refractivity contribution is 6.10. The van der Waals surface area contributed by atoms with Gasteiger partial charge in [0.05, 0.1) is 11.0 Å². The Morgan fingerprint density at radius 2 is 0.565 bits per heavy atom. The average Bonchev–Trinajstić information content (AvgIpc) is 3.69. The summed E-state index contributed by atoms with van der Waals surface area (Å²) in [6, 6.07) is 92.0. The van der Waals surface area contributed by atoms with E-state index in [4.69, 9.17) is 0 Å². The van der Waals surface area contributed by atoms with Crippen LogP contribution in [0.4, 0.5) is 17.1 Å². The van der Waals surface area contributed by atoms with Gasteiger partial charge in [-0.3, -0.25) is 0 Å². The summed E-state index contributed by atoms with van der Waals surface area (Å²) >= 11 is 0. The molecule has 0 aliphatic heterocycles. The van der Waals surface area contributed by atoms with E-state index in [2.05, 4.69) is 264 Å². The second-order valence-electron chi connectivity index (χ2n) is 15.8. The summed E-state index contributed by atoms with van der Waals surface area (Å²) in [6.07, 6.45) is 0. The molecule has 292 valence electrons. The Morgan fingerprint density at radius 3 is 1.05 bits per heavy atom. The summed E-state index contributed by atoms with van der Waals surface area (Å²) in [7, 11) is 0. The molecule has 0 fully saturated rings. The second kappa shape index (κ2) is 16.1. The standard InChI is InChI=1S/C60H42N2/c1-5-15-43(16-6-1)46-25-32-54(33-26-46)61(56-36-29-48(30-37-56)52-40-50(44-17-7-2-8-18-44)39-51(41-52)45-19-9-3-10-20-45)55-34-27-47(28-35-55)49-31-38-58-57-23-13-14-24-59(57)62(60(58)42-49)53-21-11-4-12-22-53/h1-42H. The Labute approximate surface area is 362 Å². The minimum absolute atomic E-state index is 1.09. The van der Waals surface area contributed by atoms with Crippen LogP contribution in [0, 0.1) is 0 Å². The van der Waals surface area contributed by atoms with Gasteiger partial charge in [0, 0.05) is 33.5 Å². The van der Waals surface area contributed by atoms with Crippen LogP contribution in [-0.4, -0.2) is 4.57 Å². The van der Waals surface area contributed by atoms with Crippen LogP contribution in [-0.2, 0) is 0 Å². The van der Waals surface area contributed by atoms with E-state index < -0.39 is 0 Å². The van der Waals surface area contributed by atoms with Crippen molar-refractivity contribution in [3.8, 4) is 61.3 Å². The molecule has 2 nitrogen and oxygen atoms in total. The van der Waals surface area contributed by atoms with Crippen molar-refractivity contribution in [2.45, 2.75) is 0 Å². The highest BCUT2D eigenvalue weighted by Crippen LogP contribution is 2.40. The molecule has 0 atom stereocenters. The maximum absolute atomic E-state index is 2.38. The number of anilines is 3. The lowest BCUT2D eigenvalue weighted by atomic mass is 9.93. The van der Waals surface area contributed by atoms with Crippen molar-refractivity contribution in [1.82, 2.24) is 4.57 Å². The molecule has 1 aromatic heterocycles. The molecule has 0 bridgehead atoms. The van der Waals surface area contributed by atoms with Gasteiger partial charge >= 0.3 is 0 Å². The van der Waals surface area contributed by atoms with Crippen molar-refractivity contribution >= 4 is 38.9 Å². The molecule has 0 aliphatic carbocycles. The van der Waals surface area contributed by atoms with E-state index in [-0.39, 0.29) is 0 Å². The molecule has 0 aliphatic rings. The van der Waals surface area contributed by atoms with Gasteiger partial charge in [0.2, 0.25) is 0 Å². The van der Waals surface area contributed by atoms with Crippen molar-refractivity contribution in [1.29, 1.82) is 0 Å². The largest absolute Gasteiger partial charge is 0.311 e. The smallest absolute Gasteiger partial charge is 0.0547 e. The van der Waals surface area contributed by atoms with Crippen LogP contribution < -0.4 is 4.90 Å². The van der Waals surface area contributed by atoms with E-state index in [0.29, 0.717) is 0 Å². The van der Waals surface area contributed by atoms with E-state index >= 15 is 0 Å². The van der Waals surface area contributed by atoms with Crippen LogP contribution in [0.1, 0.15) is 0 Å². The maximum Gasteiger partial charge on any atom is 0.0547 e. The molecular weight excluding hydrogens is 749 g/mol. The van der Waals surface area contributed by atoms with E-state index in [1.165, 1.54) is 77.4 Å². The molecule has 10 aromatic carbocycles. The molecule has 62 heavy (non-hydrogen) atoms. The highest BCUT2D eigenvalue weighted by Gasteiger charge is 2.17. The van der Waals surface area contributed by atoms with Gasteiger partial charge in [-0.2, -0.15) is 0 Å². The fourth-order valence-electron chi connectivity index (χ4n) is 8.88. The first-order valence-corrected chi connectivity index (χ1v) is 21.2. The van der Waals surface area contributed by atoms with Crippen LogP contribution in [0.2, 0.25) is 0 Å². The number of fused-ring (bicyclic) bond motifs is 3. The van der Waals surface area contributed by atoms with Crippen molar-refractivity contribution in [3.05, 3.63) is 255 Å². The van der Waals surface area contributed by atoms with Gasteiger partial charge in [-0.1, -0.05) is 176 Å². The Kier molecular flexibility index (Phi) is 9.57. The number of hydrogen-bond acceptors (Lipinski definition) is 1. The quantitative estimate of drug-likeness (QED) is 0.141. The summed E-state index contributed by atoms with van der Waals surface area (Å²) in [4.78, 5) is 2.36. The summed E-state index contributed by atoms with van der Waals surface area (Å²) < 4.78 is 2.38. The van der Waals surface area contributed by atoms with Gasteiger partial charge in [-0.15, -0.1) is 0 Å². The molecule has 0 amide bonds. The lowest BCUT2D eigenvalue weighted by molar-refractivity contribution is 1.18. The summed E-state index contributed by atoms with van der Waals surface area (Å²) in [5, 5.41) is 2.51. The van der Waals surface area contributed by atoms with Crippen LogP contribution in [0.3, 0.4) is 0 Å². The van der Waals surface area contributed by atoms with Crippen molar-refractivity contribution < 1.29 is 0 Å². The zero-order valence-electron chi connectivity index (χ0n) is 34.1. The van der Waals surface area contributed by atoms with Gasteiger partial charge in [-0.25, -0.2) is 0 Å². The topological polar surface area (TPSA) is 8.17 Å². The van der Waals surface area contributed by atoms with Crippen molar-refractivity contribution in [3.63, 3.8) is 0 Å². The number of hydrogen-bond donors (Lipinski definition) is 0. The van der Waals surface area contributed by atoms with E-state index in [1.54, 1.807) is 0 Å².